The van der Waals surface area contributed by atoms with E-state index in [1.165, 1.54) is 6.42 Å². The first-order valence-corrected chi connectivity index (χ1v) is 6.12. The van der Waals surface area contributed by atoms with Crippen LogP contribution in [0.4, 0.5) is 0 Å². The standard InChI is InChI=1S/C13H21NO/c1-12(2)7-4-8-13(9-14)10(12)5-3-6-11(13)15/h10-11,15H,3-8H2,1-2H3. The summed E-state index contributed by atoms with van der Waals surface area (Å²) in [6.07, 6.45) is 5.83. The fourth-order valence-electron chi connectivity index (χ4n) is 3.91. The number of aliphatic hydroxyl groups excluding tert-OH is 1. The van der Waals surface area contributed by atoms with Gasteiger partial charge in [-0.25, -0.2) is 0 Å². The van der Waals surface area contributed by atoms with Gasteiger partial charge in [0.25, 0.3) is 0 Å². The van der Waals surface area contributed by atoms with Gasteiger partial charge in [-0.3, -0.25) is 0 Å². The molecule has 15 heavy (non-hydrogen) atoms. The molecule has 0 saturated heterocycles. The summed E-state index contributed by atoms with van der Waals surface area (Å²) >= 11 is 0. The maximum Gasteiger partial charge on any atom is 0.0865 e. The Balaban J connectivity index is 2.37. The summed E-state index contributed by atoms with van der Waals surface area (Å²) in [6.45, 7) is 4.53. The lowest BCUT2D eigenvalue weighted by Gasteiger charge is -2.53. The third kappa shape index (κ3) is 1.49. The number of aliphatic hydroxyl groups is 1. The van der Waals surface area contributed by atoms with E-state index in [0.717, 1.165) is 32.1 Å². The van der Waals surface area contributed by atoms with Crippen LogP contribution in [0.5, 0.6) is 0 Å². The Bertz CT molecular complexity index is 291. The van der Waals surface area contributed by atoms with Crippen LogP contribution in [-0.4, -0.2) is 11.2 Å². The van der Waals surface area contributed by atoms with E-state index in [0.29, 0.717) is 5.92 Å². The van der Waals surface area contributed by atoms with Crippen molar-refractivity contribution < 1.29 is 5.11 Å². The van der Waals surface area contributed by atoms with Crippen molar-refractivity contribution in [1.82, 2.24) is 0 Å². The maximum absolute atomic E-state index is 10.2. The minimum Gasteiger partial charge on any atom is -0.391 e. The van der Waals surface area contributed by atoms with Crippen LogP contribution >= 0.6 is 0 Å². The van der Waals surface area contributed by atoms with Crippen LogP contribution in [0.3, 0.4) is 0 Å². The van der Waals surface area contributed by atoms with Crippen LogP contribution in [0.15, 0.2) is 0 Å². The van der Waals surface area contributed by atoms with Gasteiger partial charge in [0.15, 0.2) is 0 Å². The molecule has 3 atom stereocenters. The summed E-state index contributed by atoms with van der Waals surface area (Å²) < 4.78 is 0. The molecule has 0 aromatic rings. The Hall–Kier alpha value is -0.550. The summed E-state index contributed by atoms with van der Waals surface area (Å²) in [5.41, 5.74) is -0.199. The molecule has 2 saturated carbocycles. The van der Waals surface area contributed by atoms with Gasteiger partial charge in [-0.1, -0.05) is 26.7 Å². The molecule has 0 bridgehead atoms. The van der Waals surface area contributed by atoms with Crippen LogP contribution in [0.25, 0.3) is 0 Å². The second-order valence-electron chi connectivity index (χ2n) is 5.99. The highest BCUT2D eigenvalue weighted by molar-refractivity contribution is 5.14. The van der Waals surface area contributed by atoms with Gasteiger partial charge in [0.1, 0.15) is 0 Å². The van der Waals surface area contributed by atoms with Gasteiger partial charge in [-0.2, -0.15) is 5.26 Å². The van der Waals surface area contributed by atoms with Gasteiger partial charge in [-0.05, 0) is 37.0 Å². The summed E-state index contributed by atoms with van der Waals surface area (Å²) in [7, 11) is 0. The average Bonchev–Trinajstić information content (AvgIpc) is 2.19. The molecule has 0 aromatic heterocycles. The maximum atomic E-state index is 10.2. The SMILES string of the molecule is CC1(C)CCCC2(C#N)C(O)CCCC12. The highest BCUT2D eigenvalue weighted by atomic mass is 16.3. The van der Waals surface area contributed by atoms with E-state index in [2.05, 4.69) is 19.9 Å². The third-order valence-corrected chi connectivity index (χ3v) is 4.75. The molecule has 2 rings (SSSR count). The largest absolute Gasteiger partial charge is 0.391 e. The highest BCUT2D eigenvalue weighted by Crippen LogP contribution is 2.57. The quantitative estimate of drug-likeness (QED) is 0.663. The predicted molar refractivity (Wildman–Crippen MR) is 59.0 cm³/mol. The first-order chi connectivity index (χ1) is 7.03. The van der Waals surface area contributed by atoms with Crippen molar-refractivity contribution in [2.24, 2.45) is 16.7 Å². The van der Waals surface area contributed by atoms with Crippen molar-refractivity contribution in [3.63, 3.8) is 0 Å². The number of nitrogens with zero attached hydrogens (tertiary/aromatic N) is 1. The van der Waals surface area contributed by atoms with Crippen molar-refractivity contribution >= 4 is 0 Å². The molecule has 0 heterocycles. The van der Waals surface area contributed by atoms with Gasteiger partial charge >= 0.3 is 0 Å². The summed E-state index contributed by atoms with van der Waals surface area (Å²) in [5.74, 6) is 0.396. The minimum absolute atomic E-state index is 0.232. The summed E-state index contributed by atoms with van der Waals surface area (Å²) in [5, 5.41) is 19.6. The zero-order valence-corrected chi connectivity index (χ0v) is 9.79. The van der Waals surface area contributed by atoms with Gasteiger partial charge in [0.05, 0.1) is 17.6 Å². The molecule has 1 N–H and O–H groups in total. The van der Waals surface area contributed by atoms with E-state index in [1.54, 1.807) is 0 Å². The second kappa shape index (κ2) is 3.49. The van der Waals surface area contributed by atoms with Gasteiger partial charge < -0.3 is 5.11 Å². The first-order valence-electron chi connectivity index (χ1n) is 6.12. The third-order valence-electron chi connectivity index (χ3n) is 4.75. The van der Waals surface area contributed by atoms with Crippen LogP contribution in [0, 0.1) is 28.1 Å². The Morgan fingerprint density at radius 1 is 1.20 bits per heavy atom. The summed E-state index contributed by atoms with van der Waals surface area (Å²) in [6, 6.07) is 2.47. The fraction of sp³-hybridized carbons (Fsp3) is 0.923. The predicted octanol–water partition coefficient (Wildman–Crippen LogP) is 2.87. The smallest absolute Gasteiger partial charge is 0.0865 e. The van der Waals surface area contributed by atoms with Crippen molar-refractivity contribution in [3.8, 4) is 6.07 Å². The lowest BCUT2D eigenvalue weighted by Crippen LogP contribution is -2.52. The van der Waals surface area contributed by atoms with E-state index in [4.69, 9.17) is 0 Å². The van der Waals surface area contributed by atoms with Crippen LogP contribution < -0.4 is 0 Å². The van der Waals surface area contributed by atoms with Gasteiger partial charge in [-0.15, -0.1) is 0 Å². The molecule has 2 aliphatic rings. The van der Waals surface area contributed by atoms with Gasteiger partial charge in [0.2, 0.25) is 0 Å². The molecule has 3 unspecified atom stereocenters. The van der Waals surface area contributed by atoms with Gasteiger partial charge in [0, 0.05) is 0 Å². The van der Waals surface area contributed by atoms with E-state index in [9.17, 15) is 10.4 Å². The molecular weight excluding hydrogens is 186 g/mol. The lowest BCUT2D eigenvalue weighted by molar-refractivity contribution is -0.0902. The monoisotopic (exact) mass is 207 g/mol. The Kier molecular flexibility index (Phi) is 2.55. The molecule has 0 spiro atoms. The number of rotatable bonds is 0. The zero-order chi connectivity index (χ0) is 11.1. The van der Waals surface area contributed by atoms with E-state index in [1.807, 2.05) is 0 Å². The first kappa shape index (κ1) is 11.0. The molecule has 0 aliphatic heterocycles. The average molecular weight is 207 g/mol. The van der Waals surface area contributed by atoms with Crippen LogP contribution in [-0.2, 0) is 0 Å². The second-order valence-corrected chi connectivity index (χ2v) is 5.99. The molecule has 2 fully saturated rings. The van der Waals surface area contributed by atoms with E-state index >= 15 is 0 Å². The molecule has 2 heteroatoms. The Morgan fingerprint density at radius 2 is 1.93 bits per heavy atom. The Morgan fingerprint density at radius 3 is 2.53 bits per heavy atom. The van der Waals surface area contributed by atoms with Crippen LogP contribution in [0.2, 0.25) is 0 Å². The molecule has 0 amide bonds. The molecule has 2 nitrogen and oxygen atoms in total. The van der Waals surface area contributed by atoms with E-state index in [-0.39, 0.29) is 11.5 Å². The zero-order valence-electron chi connectivity index (χ0n) is 9.79. The molecular formula is C13H21NO. The van der Waals surface area contributed by atoms with Crippen LogP contribution in [0.1, 0.15) is 52.4 Å². The van der Waals surface area contributed by atoms with Crippen molar-refractivity contribution in [3.05, 3.63) is 0 Å². The topological polar surface area (TPSA) is 44.0 Å². The number of hydrogen-bond acceptors (Lipinski definition) is 2. The van der Waals surface area contributed by atoms with Crippen molar-refractivity contribution in [2.45, 2.75) is 58.5 Å². The summed E-state index contributed by atoms with van der Waals surface area (Å²) in [4.78, 5) is 0. The molecule has 84 valence electrons. The molecule has 0 radical (unpaired) electrons. The molecule has 2 aliphatic carbocycles. The van der Waals surface area contributed by atoms with Crippen molar-refractivity contribution in [2.75, 3.05) is 0 Å². The number of hydrogen-bond donors (Lipinski definition) is 1. The minimum atomic E-state index is -0.431. The van der Waals surface area contributed by atoms with E-state index < -0.39 is 5.41 Å². The number of fused-ring (bicyclic) bond motifs is 1. The number of nitriles is 1. The van der Waals surface area contributed by atoms with Crippen molar-refractivity contribution in [1.29, 1.82) is 5.26 Å². The lowest BCUT2D eigenvalue weighted by atomic mass is 9.50. The normalized spacial score (nSPS) is 44.1. The highest BCUT2D eigenvalue weighted by Gasteiger charge is 2.54. The fourth-order valence-corrected chi connectivity index (χ4v) is 3.91. The Labute approximate surface area is 92.3 Å². The molecule has 0 aromatic carbocycles.